The van der Waals surface area contributed by atoms with Gasteiger partial charge in [-0.2, -0.15) is 0 Å². The maximum atomic E-state index is 13.3. The molecular formula is C21H19ClN2O3S. The van der Waals surface area contributed by atoms with Gasteiger partial charge in [0, 0.05) is 23.0 Å². The number of para-hydroxylation sites is 1. The van der Waals surface area contributed by atoms with Gasteiger partial charge in [0.1, 0.15) is 10.7 Å². The van der Waals surface area contributed by atoms with E-state index in [0.29, 0.717) is 40.1 Å². The summed E-state index contributed by atoms with van der Waals surface area (Å²) >= 11 is 7.61. The Kier molecular flexibility index (Phi) is 5.33. The van der Waals surface area contributed by atoms with Crippen molar-refractivity contribution in [3.05, 3.63) is 69.3 Å². The van der Waals surface area contributed by atoms with E-state index >= 15 is 0 Å². The number of rotatable bonds is 3. The first-order valence-electron chi connectivity index (χ1n) is 9.02. The minimum Gasteiger partial charge on any atom is -0.496 e. The molecule has 2 aliphatic heterocycles. The molecule has 0 saturated carbocycles. The van der Waals surface area contributed by atoms with Crippen LogP contribution in [-0.4, -0.2) is 30.7 Å². The van der Waals surface area contributed by atoms with Crippen LogP contribution in [0.2, 0.25) is 5.02 Å². The number of hydrogen-bond acceptors (Lipinski definition) is 4. The Balaban J connectivity index is 1.64. The Bertz CT molecular complexity index is 989. The molecule has 0 radical (unpaired) electrons. The Morgan fingerprint density at radius 2 is 2.04 bits per heavy atom. The lowest BCUT2D eigenvalue weighted by molar-refractivity contribution is -0.112. The summed E-state index contributed by atoms with van der Waals surface area (Å²) in [6.45, 7) is 2.97. The normalized spacial score (nSPS) is 15.9. The average Bonchev–Trinajstić information content (AvgIpc) is 3.13. The van der Waals surface area contributed by atoms with Gasteiger partial charge in [0.25, 0.3) is 11.8 Å². The van der Waals surface area contributed by atoms with E-state index in [9.17, 15) is 9.59 Å². The third-order valence-electron chi connectivity index (χ3n) is 4.77. The van der Waals surface area contributed by atoms with Crippen molar-refractivity contribution >= 4 is 46.6 Å². The molecule has 5 nitrogen and oxygen atoms in total. The van der Waals surface area contributed by atoms with Gasteiger partial charge in [0.15, 0.2) is 0 Å². The van der Waals surface area contributed by atoms with Gasteiger partial charge in [0.05, 0.1) is 17.9 Å². The molecule has 0 aliphatic carbocycles. The molecule has 0 spiro atoms. The predicted octanol–water partition coefficient (Wildman–Crippen LogP) is 4.48. The van der Waals surface area contributed by atoms with Gasteiger partial charge in [-0.05, 0) is 43.2 Å². The highest BCUT2D eigenvalue weighted by Gasteiger charge is 2.28. The van der Waals surface area contributed by atoms with Gasteiger partial charge in [-0.25, -0.2) is 0 Å². The maximum absolute atomic E-state index is 13.3. The van der Waals surface area contributed by atoms with Crippen LogP contribution in [0.1, 0.15) is 22.8 Å². The average molecular weight is 415 g/mol. The van der Waals surface area contributed by atoms with Gasteiger partial charge in [-0.15, -0.1) is 11.8 Å². The molecule has 0 unspecified atom stereocenters. The van der Waals surface area contributed by atoms with E-state index in [0.717, 1.165) is 23.4 Å². The third kappa shape index (κ3) is 3.62. The van der Waals surface area contributed by atoms with Crippen LogP contribution in [0.15, 0.2) is 53.1 Å². The molecule has 2 aromatic carbocycles. The van der Waals surface area contributed by atoms with Crippen molar-refractivity contribution in [1.29, 1.82) is 0 Å². The zero-order valence-corrected chi connectivity index (χ0v) is 16.9. The number of anilines is 2. The molecule has 28 heavy (non-hydrogen) atoms. The molecule has 0 bridgehead atoms. The third-order valence-corrected chi connectivity index (χ3v) is 6.13. The second-order valence-corrected chi connectivity index (χ2v) is 8.10. The number of benzene rings is 2. The number of thioether (sulfide) groups is 1. The Labute approximate surface area is 172 Å². The summed E-state index contributed by atoms with van der Waals surface area (Å²) in [6, 6.07) is 12.8. The molecule has 0 fully saturated rings. The van der Waals surface area contributed by atoms with Crippen molar-refractivity contribution in [2.45, 2.75) is 13.3 Å². The molecule has 2 amide bonds. The van der Waals surface area contributed by atoms with Crippen LogP contribution in [0.4, 0.5) is 11.4 Å². The fourth-order valence-electron chi connectivity index (χ4n) is 3.41. The molecule has 7 heteroatoms. The molecule has 2 aromatic rings. The highest BCUT2D eigenvalue weighted by molar-refractivity contribution is 8.04. The number of fused-ring (bicyclic) bond motifs is 1. The Morgan fingerprint density at radius 3 is 2.86 bits per heavy atom. The van der Waals surface area contributed by atoms with E-state index in [1.807, 2.05) is 24.3 Å². The molecule has 2 aliphatic rings. The van der Waals surface area contributed by atoms with Gasteiger partial charge in [-0.3, -0.25) is 9.59 Å². The fraction of sp³-hybridized carbons (Fsp3) is 0.238. The van der Waals surface area contributed by atoms with Gasteiger partial charge in [-0.1, -0.05) is 29.8 Å². The van der Waals surface area contributed by atoms with Crippen molar-refractivity contribution in [1.82, 2.24) is 0 Å². The highest BCUT2D eigenvalue weighted by atomic mass is 35.5. The first-order chi connectivity index (χ1) is 13.5. The number of ether oxygens (including phenoxy) is 1. The van der Waals surface area contributed by atoms with Gasteiger partial charge in [0.2, 0.25) is 0 Å². The van der Waals surface area contributed by atoms with Crippen molar-refractivity contribution in [2.75, 3.05) is 29.1 Å². The SMILES string of the molecule is CC1=C(C(=O)Nc2ccc(Cl)cc2C(=O)N2CCc3ccccc32)SCCO1. The largest absolute Gasteiger partial charge is 0.496 e. The van der Waals surface area contributed by atoms with E-state index in [-0.39, 0.29) is 11.8 Å². The number of hydrogen-bond donors (Lipinski definition) is 1. The fourth-order valence-corrected chi connectivity index (χ4v) is 4.39. The lowest BCUT2D eigenvalue weighted by atomic mass is 10.1. The summed E-state index contributed by atoms with van der Waals surface area (Å²) in [7, 11) is 0. The van der Waals surface area contributed by atoms with Crippen molar-refractivity contribution in [3.63, 3.8) is 0 Å². The van der Waals surface area contributed by atoms with Crippen molar-refractivity contribution < 1.29 is 14.3 Å². The summed E-state index contributed by atoms with van der Waals surface area (Å²) in [6.07, 6.45) is 0.810. The summed E-state index contributed by atoms with van der Waals surface area (Å²) < 4.78 is 5.47. The van der Waals surface area contributed by atoms with Gasteiger partial charge >= 0.3 is 0 Å². The minimum atomic E-state index is -0.277. The van der Waals surface area contributed by atoms with E-state index in [1.54, 1.807) is 30.0 Å². The Hall–Kier alpha value is -2.44. The van der Waals surface area contributed by atoms with Crippen molar-refractivity contribution in [3.8, 4) is 0 Å². The highest BCUT2D eigenvalue weighted by Crippen LogP contribution is 2.32. The van der Waals surface area contributed by atoms with Crippen molar-refractivity contribution in [2.24, 2.45) is 0 Å². The van der Waals surface area contributed by atoms with Crippen LogP contribution in [0, 0.1) is 0 Å². The van der Waals surface area contributed by atoms with E-state index in [2.05, 4.69) is 5.32 Å². The van der Waals surface area contributed by atoms with E-state index in [1.165, 1.54) is 11.8 Å². The summed E-state index contributed by atoms with van der Waals surface area (Å²) in [4.78, 5) is 28.3. The zero-order chi connectivity index (χ0) is 19.7. The van der Waals surface area contributed by atoms with Crippen LogP contribution in [0.25, 0.3) is 0 Å². The molecule has 2 heterocycles. The second kappa shape index (κ2) is 7.89. The Morgan fingerprint density at radius 1 is 1.21 bits per heavy atom. The van der Waals surface area contributed by atoms with E-state index in [4.69, 9.17) is 16.3 Å². The molecule has 4 rings (SSSR count). The number of allylic oxidation sites excluding steroid dienone is 1. The molecule has 0 saturated heterocycles. The summed E-state index contributed by atoms with van der Waals surface area (Å²) in [5.41, 5.74) is 2.85. The number of nitrogens with zero attached hydrogens (tertiary/aromatic N) is 1. The topological polar surface area (TPSA) is 58.6 Å². The molecule has 144 valence electrons. The van der Waals surface area contributed by atoms with Gasteiger partial charge < -0.3 is 15.0 Å². The summed E-state index contributed by atoms with van der Waals surface area (Å²) in [5.74, 6) is 0.863. The molecule has 1 N–H and O–H groups in total. The lowest BCUT2D eigenvalue weighted by Crippen LogP contribution is -2.30. The minimum absolute atomic E-state index is 0.180. The molecular weight excluding hydrogens is 396 g/mol. The van der Waals surface area contributed by atoms with Crippen LogP contribution in [0.5, 0.6) is 0 Å². The lowest BCUT2D eigenvalue weighted by Gasteiger charge is -2.21. The second-order valence-electron chi connectivity index (χ2n) is 6.56. The number of carbonyl (C=O) groups excluding carboxylic acids is 2. The molecule has 0 aromatic heterocycles. The van der Waals surface area contributed by atoms with E-state index < -0.39 is 0 Å². The number of amides is 2. The maximum Gasteiger partial charge on any atom is 0.265 e. The number of halogens is 1. The zero-order valence-electron chi connectivity index (χ0n) is 15.3. The first-order valence-corrected chi connectivity index (χ1v) is 10.4. The quantitative estimate of drug-likeness (QED) is 0.804. The monoisotopic (exact) mass is 414 g/mol. The predicted molar refractivity (Wildman–Crippen MR) is 113 cm³/mol. The smallest absolute Gasteiger partial charge is 0.265 e. The van der Waals surface area contributed by atoms with Crippen LogP contribution < -0.4 is 10.2 Å². The summed E-state index contributed by atoms with van der Waals surface area (Å²) in [5, 5.41) is 3.31. The standard InChI is InChI=1S/C21H19ClN2O3S/c1-13-19(28-11-10-27-13)20(25)23-17-7-6-15(22)12-16(17)21(26)24-9-8-14-4-2-3-5-18(14)24/h2-7,12H,8-11H2,1H3,(H,23,25). The van der Waals surface area contributed by atoms with Crippen LogP contribution in [-0.2, 0) is 16.0 Å². The molecule has 0 atom stereocenters. The first kappa shape index (κ1) is 18.9. The number of carbonyl (C=O) groups is 2. The van der Waals surface area contributed by atoms with Crippen LogP contribution >= 0.6 is 23.4 Å². The number of nitrogens with one attached hydrogen (secondary N) is 1. The van der Waals surface area contributed by atoms with Crippen LogP contribution in [0.3, 0.4) is 0 Å².